The van der Waals surface area contributed by atoms with Gasteiger partial charge in [-0.2, -0.15) is 5.10 Å². The minimum atomic E-state index is 0.0448. The number of hydrogen-bond acceptors (Lipinski definition) is 5. The quantitative estimate of drug-likeness (QED) is 0.562. The van der Waals surface area contributed by atoms with Gasteiger partial charge in [0.25, 0.3) is 5.91 Å². The first kappa shape index (κ1) is 23.8. The number of amides is 1. The molecule has 0 bridgehead atoms. The Hall–Kier alpha value is -2.90. The molecule has 1 N–H and O–H groups in total. The SMILES string of the molecule is COc1ccc2ccccc2c1CNC1CCc2c(c(C(=O)N3CCOCC3)nn2CC(C)C)C1. The Kier molecular flexibility index (Phi) is 7.07. The molecule has 2 aliphatic rings. The lowest BCUT2D eigenvalue weighted by Gasteiger charge is -2.28. The predicted molar refractivity (Wildman–Crippen MR) is 137 cm³/mol. The monoisotopic (exact) mass is 476 g/mol. The van der Waals surface area contributed by atoms with Crippen LogP contribution in [-0.2, 0) is 30.7 Å². The van der Waals surface area contributed by atoms with E-state index in [1.807, 2.05) is 11.0 Å². The van der Waals surface area contributed by atoms with E-state index < -0.39 is 0 Å². The number of fused-ring (bicyclic) bond motifs is 2. The lowest BCUT2D eigenvalue weighted by Crippen LogP contribution is -2.41. The van der Waals surface area contributed by atoms with Gasteiger partial charge in [0.15, 0.2) is 5.69 Å². The third-order valence-corrected chi connectivity index (χ3v) is 7.17. The Labute approximate surface area is 207 Å². The van der Waals surface area contributed by atoms with Gasteiger partial charge in [-0.15, -0.1) is 0 Å². The second kappa shape index (κ2) is 10.4. The van der Waals surface area contributed by atoms with Crippen molar-refractivity contribution in [3.63, 3.8) is 0 Å². The molecule has 7 heteroatoms. The highest BCUT2D eigenvalue weighted by Crippen LogP contribution is 2.30. The van der Waals surface area contributed by atoms with Crippen LogP contribution in [0.1, 0.15) is 47.6 Å². The van der Waals surface area contributed by atoms with Gasteiger partial charge in [-0.3, -0.25) is 9.48 Å². The fourth-order valence-electron chi connectivity index (χ4n) is 5.38. The third kappa shape index (κ3) is 4.93. The van der Waals surface area contributed by atoms with Gasteiger partial charge < -0.3 is 19.7 Å². The van der Waals surface area contributed by atoms with Crippen LogP contribution in [-0.4, -0.2) is 60.0 Å². The summed E-state index contributed by atoms with van der Waals surface area (Å²) in [7, 11) is 1.73. The highest BCUT2D eigenvalue weighted by atomic mass is 16.5. The van der Waals surface area contributed by atoms with Gasteiger partial charge in [0.2, 0.25) is 0 Å². The molecular formula is C28H36N4O3. The van der Waals surface area contributed by atoms with Crippen LogP contribution in [0.5, 0.6) is 5.75 Å². The topological polar surface area (TPSA) is 68.6 Å². The first-order valence-corrected chi connectivity index (χ1v) is 12.8. The van der Waals surface area contributed by atoms with E-state index in [-0.39, 0.29) is 11.9 Å². The first-order valence-electron chi connectivity index (χ1n) is 12.8. The number of methoxy groups -OCH3 is 1. The Bertz CT molecular complexity index is 1200. The fourth-order valence-corrected chi connectivity index (χ4v) is 5.38. The van der Waals surface area contributed by atoms with Gasteiger partial charge in [-0.1, -0.05) is 44.2 Å². The van der Waals surface area contributed by atoms with E-state index in [4.69, 9.17) is 14.6 Å². The summed E-state index contributed by atoms with van der Waals surface area (Å²) in [5.74, 6) is 1.42. The van der Waals surface area contributed by atoms with Crippen molar-refractivity contribution >= 4 is 16.7 Å². The predicted octanol–water partition coefficient (Wildman–Crippen LogP) is 3.82. The van der Waals surface area contributed by atoms with E-state index in [1.54, 1.807) is 7.11 Å². The maximum absolute atomic E-state index is 13.4. The van der Waals surface area contributed by atoms with Crippen molar-refractivity contribution in [3.8, 4) is 5.75 Å². The second-order valence-corrected chi connectivity index (χ2v) is 10.0. The maximum Gasteiger partial charge on any atom is 0.274 e. The van der Waals surface area contributed by atoms with Gasteiger partial charge in [-0.05, 0) is 42.0 Å². The lowest BCUT2D eigenvalue weighted by atomic mass is 9.90. The molecule has 1 aliphatic carbocycles. The number of nitrogens with zero attached hydrogens (tertiary/aromatic N) is 3. The molecule has 0 spiro atoms. The smallest absolute Gasteiger partial charge is 0.274 e. The van der Waals surface area contributed by atoms with E-state index in [0.29, 0.717) is 37.9 Å². The van der Waals surface area contributed by atoms with Crippen molar-refractivity contribution in [3.05, 3.63) is 58.9 Å². The number of morpholine rings is 1. The average molecular weight is 477 g/mol. The molecular weight excluding hydrogens is 440 g/mol. The molecule has 7 nitrogen and oxygen atoms in total. The molecule has 2 aromatic carbocycles. The molecule has 35 heavy (non-hydrogen) atoms. The summed E-state index contributed by atoms with van der Waals surface area (Å²) < 4.78 is 13.2. The van der Waals surface area contributed by atoms with Crippen LogP contribution in [0, 0.1) is 5.92 Å². The Morgan fingerprint density at radius 2 is 2.00 bits per heavy atom. The van der Waals surface area contributed by atoms with Crippen LogP contribution in [0.4, 0.5) is 0 Å². The molecule has 1 aromatic heterocycles. The van der Waals surface area contributed by atoms with Crippen molar-refractivity contribution in [1.82, 2.24) is 20.0 Å². The van der Waals surface area contributed by atoms with Gasteiger partial charge >= 0.3 is 0 Å². The first-order chi connectivity index (χ1) is 17.0. The Balaban J connectivity index is 1.39. The van der Waals surface area contributed by atoms with Crippen molar-refractivity contribution < 1.29 is 14.3 Å². The Morgan fingerprint density at radius 1 is 1.20 bits per heavy atom. The van der Waals surface area contributed by atoms with E-state index >= 15 is 0 Å². The highest BCUT2D eigenvalue weighted by molar-refractivity contribution is 5.94. The highest BCUT2D eigenvalue weighted by Gasteiger charge is 2.32. The van der Waals surface area contributed by atoms with Crippen LogP contribution in [0.15, 0.2) is 36.4 Å². The van der Waals surface area contributed by atoms with Crippen molar-refractivity contribution in [2.45, 2.75) is 52.2 Å². The summed E-state index contributed by atoms with van der Waals surface area (Å²) in [5.41, 5.74) is 4.17. The molecule has 5 rings (SSSR count). The standard InChI is InChI=1S/C28H36N4O3/c1-19(2)18-32-25-10-9-21(16-23(25)27(30-32)28(33)31-12-14-35-15-13-31)29-17-24-22-7-5-4-6-20(22)8-11-26(24)34-3/h4-8,11,19,21,29H,9-10,12-18H2,1-3H3. The Morgan fingerprint density at radius 3 is 2.77 bits per heavy atom. The normalized spacial score (nSPS) is 18.2. The lowest BCUT2D eigenvalue weighted by molar-refractivity contribution is 0.0297. The molecule has 186 valence electrons. The zero-order valence-corrected chi connectivity index (χ0v) is 21.0. The van der Waals surface area contributed by atoms with E-state index in [2.05, 4.69) is 54.2 Å². The number of nitrogens with one attached hydrogen (secondary N) is 1. The average Bonchev–Trinajstić information content (AvgIpc) is 3.24. The summed E-state index contributed by atoms with van der Waals surface area (Å²) in [6.07, 6.45) is 2.76. The van der Waals surface area contributed by atoms with Crippen molar-refractivity contribution in [1.29, 1.82) is 0 Å². The summed E-state index contributed by atoms with van der Waals surface area (Å²) in [6, 6.07) is 12.9. The largest absolute Gasteiger partial charge is 0.496 e. The molecule has 2 heterocycles. The van der Waals surface area contributed by atoms with Gasteiger partial charge in [-0.25, -0.2) is 0 Å². The number of benzene rings is 2. The summed E-state index contributed by atoms with van der Waals surface area (Å²) in [4.78, 5) is 15.3. The van der Waals surface area contributed by atoms with E-state index in [9.17, 15) is 4.79 Å². The molecule has 1 amide bonds. The summed E-state index contributed by atoms with van der Waals surface area (Å²) in [6.45, 7) is 8.40. The minimum Gasteiger partial charge on any atom is -0.496 e. The fraction of sp³-hybridized carbons (Fsp3) is 0.500. The van der Waals surface area contributed by atoms with Crippen LogP contribution >= 0.6 is 0 Å². The molecule has 1 atom stereocenters. The number of aromatic nitrogens is 2. The molecule has 0 saturated carbocycles. The van der Waals surface area contributed by atoms with E-state index in [0.717, 1.165) is 43.7 Å². The maximum atomic E-state index is 13.4. The molecule has 1 fully saturated rings. The zero-order chi connectivity index (χ0) is 24.4. The van der Waals surface area contributed by atoms with Gasteiger partial charge in [0.05, 0.1) is 20.3 Å². The zero-order valence-electron chi connectivity index (χ0n) is 21.0. The molecule has 1 unspecified atom stereocenters. The van der Waals surface area contributed by atoms with Gasteiger partial charge in [0, 0.05) is 49.0 Å². The van der Waals surface area contributed by atoms with Crippen molar-refractivity contribution in [2.75, 3.05) is 33.4 Å². The third-order valence-electron chi connectivity index (χ3n) is 7.17. The minimum absolute atomic E-state index is 0.0448. The number of carbonyl (C=O) groups is 1. The van der Waals surface area contributed by atoms with Crippen LogP contribution < -0.4 is 10.1 Å². The number of hydrogen-bond donors (Lipinski definition) is 1. The number of carbonyl (C=O) groups excluding carboxylic acids is 1. The second-order valence-electron chi connectivity index (χ2n) is 10.0. The van der Waals surface area contributed by atoms with Crippen LogP contribution in [0.3, 0.4) is 0 Å². The molecule has 3 aromatic rings. The van der Waals surface area contributed by atoms with E-state index in [1.165, 1.54) is 22.0 Å². The van der Waals surface area contributed by atoms with Crippen LogP contribution in [0.25, 0.3) is 10.8 Å². The van der Waals surface area contributed by atoms with Gasteiger partial charge in [0.1, 0.15) is 5.75 Å². The molecule has 1 aliphatic heterocycles. The number of rotatable bonds is 7. The summed E-state index contributed by atoms with van der Waals surface area (Å²) >= 11 is 0. The molecule has 0 radical (unpaired) electrons. The van der Waals surface area contributed by atoms with Crippen molar-refractivity contribution in [2.24, 2.45) is 5.92 Å². The summed E-state index contributed by atoms with van der Waals surface area (Å²) in [5, 5.41) is 11.1. The van der Waals surface area contributed by atoms with Crippen LogP contribution in [0.2, 0.25) is 0 Å². The molecule has 1 saturated heterocycles. The number of ether oxygens (including phenoxy) is 2.